The molecule has 24 heavy (non-hydrogen) atoms. The highest BCUT2D eigenvalue weighted by Crippen LogP contribution is 2.27. The molecule has 3 aromatic heterocycles. The van der Waals surface area contributed by atoms with Crippen molar-refractivity contribution in [3.8, 4) is 23.0 Å². The molecule has 0 unspecified atom stereocenters. The molecule has 0 atom stereocenters. The highest BCUT2D eigenvalue weighted by Gasteiger charge is 2.19. The highest BCUT2D eigenvalue weighted by molar-refractivity contribution is 5.80. The van der Waals surface area contributed by atoms with Crippen LogP contribution in [0.1, 0.15) is 6.92 Å². The lowest BCUT2D eigenvalue weighted by Gasteiger charge is -1.97. The van der Waals surface area contributed by atoms with Gasteiger partial charge in [-0.1, -0.05) is 10.4 Å². The second kappa shape index (κ2) is 5.26. The Balaban J connectivity index is 1.70. The van der Waals surface area contributed by atoms with Gasteiger partial charge in [-0.3, -0.25) is 10.1 Å². The van der Waals surface area contributed by atoms with Gasteiger partial charge in [0, 0.05) is 12.1 Å². The standard InChI is InChI=1S/C14H10N6O4/c1-2-19-10-4-3-8(7-9(10)16-18-19)13-15-14(24-17-13)11-5-6-12(23-11)20(21)22/h3-7H,2H2,1H3. The lowest BCUT2D eigenvalue weighted by molar-refractivity contribution is -0.401. The Labute approximate surface area is 133 Å². The van der Waals surface area contributed by atoms with E-state index in [1.54, 1.807) is 10.7 Å². The Bertz CT molecular complexity index is 1050. The maximum Gasteiger partial charge on any atom is 0.433 e. The molecule has 0 aliphatic heterocycles. The van der Waals surface area contributed by atoms with E-state index in [2.05, 4.69) is 20.5 Å². The molecule has 0 amide bonds. The summed E-state index contributed by atoms with van der Waals surface area (Å²) in [6, 6.07) is 8.15. The average molecular weight is 326 g/mol. The first-order valence-electron chi connectivity index (χ1n) is 7.07. The van der Waals surface area contributed by atoms with Gasteiger partial charge in [-0.15, -0.1) is 5.10 Å². The number of furan rings is 1. The molecule has 4 rings (SSSR count). The molecule has 0 N–H and O–H groups in total. The summed E-state index contributed by atoms with van der Waals surface area (Å²) in [6.45, 7) is 2.70. The fraction of sp³-hybridized carbons (Fsp3) is 0.143. The number of aromatic nitrogens is 5. The van der Waals surface area contributed by atoms with Crippen LogP contribution < -0.4 is 0 Å². The Morgan fingerprint density at radius 1 is 1.29 bits per heavy atom. The molecule has 0 fully saturated rings. The van der Waals surface area contributed by atoms with E-state index in [-0.39, 0.29) is 17.5 Å². The third-order valence-corrected chi connectivity index (χ3v) is 3.48. The third kappa shape index (κ3) is 2.20. The van der Waals surface area contributed by atoms with Crippen LogP contribution in [-0.4, -0.2) is 30.1 Å². The highest BCUT2D eigenvalue weighted by atomic mass is 16.6. The summed E-state index contributed by atoms with van der Waals surface area (Å²) in [4.78, 5) is 14.2. The van der Waals surface area contributed by atoms with Crippen LogP contribution in [0.25, 0.3) is 34.1 Å². The average Bonchev–Trinajstić information content (AvgIpc) is 3.31. The number of fused-ring (bicyclic) bond motifs is 1. The number of rotatable bonds is 4. The molecule has 10 nitrogen and oxygen atoms in total. The fourth-order valence-corrected chi connectivity index (χ4v) is 2.33. The number of benzene rings is 1. The summed E-state index contributed by atoms with van der Waals surface area (Å²) in [6.07, 6.45) is 0. The SMILES string of the molecule is CCn1nnc2cc(-c3noc(-c4ccc([N+](=O)[O-])o4)n3)ccc21. The van der Waals surface area contributed by atoms with Crippen molar-refractivity contribution in [3.63, 3.8) is 0 Å². The molecule has 0 aliphatic rings. The maximum atomic E-state index is 10.7. The summed E-state index contributed by atoms with van der Waals surface area (Å²) < 4.78 is 11.9. The van der Waals surface area contributed by atoms with Crippen molar-refractivity contribution in [1.82, 2.24) is 25.1 Å². The molecule has 0 saturated carbocycles. The summed E-state index contributed by atoms with van der Waals surface area (Å²) in [5.41, 5.74) is 2.32. The molecule has 3 heterocycles. The van der Waals surface area contributed by atoms with Crippen molar-refractivity contribution in [2.75, 3.05) is 0 Å². The smallest absolute Gasteiger partial charge is 0.395 e. The Kier molecular flexibility index (Phi) is 3.08. The molecule has 10 heteroatoms. The van der Waals surface area contributed by atoms with Crippen LogP contribution in [0, 0.1) is 10.1 Å². The lowest BCUT2D eigenvalue weighted by Crippen LogP contribution is -1.95. The number of nitrogens with zero attached hydrogens (tertiary/aromatic N) is 6. The number of hydrogen-bond acceptors (Lipinski definition) is 8. The molecule has 0 saturated heterocycles. The van der Waals surface area contributed by atoms with E-state index in [1.807, 2.05) is 19.1 Å². The van der Waals surface area contributed by atoms with E-state index in [0.29, 0.717) is 16.9 Å². The minimum atomic E-state index is -0.633. The largest absolute Gasteiger partial charge is 0.433 e. The van der Waals surface area contributed by atoms with Gasteiger partial charge in [-0.2, -0.15) is 4.98 Å². The molecule has 0 bridgehead atoms. The van der Waals surface area contributed by atoms with Crippen LogP contribution in [0.4, 0.5) is 5.88 Å². The maximum absolute atomic E-state index is 10.7. The molecule has 1 aromatic carbocycles. The topological polar surface area (TPSA) is 126 Å². The van der Waals surface area contributed by atoms with E-state index < -0.39 is 4.92 Å². The molecule has 0 radical (unpaired) electrons. The predicted octanol–water partition coefficient (Wildman–Crippen LogP) is 2.67. The van der Waals surface area contributed by atoms with Gasteiger partial charge in [0.2, 0.25) is 5.82 Å². The zero-order valence-corrected chi connectivity index (χ0v) is 12.4. The molecular formula is C14H10N6O4. The summed E-state index contributed by atoms with van der Waals surface area (Å²) in [7, 11) is 0. The Morgan fingerprint density at radius 3 is 2.92 bits per heavy atom. The summed E-state index contributed by atoms with van der Waals surface area (Å²) in [5, 5.41) is 22.7. The van der Waals surface area contributed by atoms with Gasteiger partial charge in [0.1, 0.15) is 10.4 Å². The second-order valence-electron chi connectivity index (χ2n) is 4.93. The molecule has 120 valence electrons. The van der Waals surface area contributed by atoms with E-state index in [9.17, 15) is 10.1 Å². The van der Waals surface area contributed by atoms with Crippen LogP contribution in [0.5, 0.6) is 0 Å². The van der Waals surface area contributed by atoms with Crippen LogP contribution in [0.2, 0.25) is 0 Å². The normalized spacial score (nSPS) is 11.2. The zero-order chi connectivity index (χ0) is 16.7. The second-order valence-corrected chi connectivity index (χ2v) is 4.93. The van der Waals surface area contributed by atoms with Crippen LogP contribution in [0.15, 0.2) is 39.3 Å². The fourth-order valence-electron chi connectivity index (χ4n) is 2.33. The van der Waals surface area contributed by atoms with E-state index >= 15 is 0 Å². The predicted molar refractivity (Wildman–Crippen MR) is 80.9 cm³/mol. The van der Waals surface area contributed by atoms with Gasteiger partial charge in [0.25, 0.3) is 5.89 Å². The van der Waals surface area contributed by atoms with Crippen molar-refractivity contribution in [3.05, 3.63) is 40.4 Å². The number of hydrogen-bond donors (Lipinski definition) is 0. The molecule has 4 aromatic rings. The first kappa shape index (κ1) is 14.1. The van der Waals surface area contributed by atoms with E-state index in [4.69, 9.17) is 8.94 Å². The van der Waals surface area contributed by atoms with Crippen molar-refractivity contribution in [1.29, 1.82) is 0 Å². The van der Waals surface area contributed by atoms with Gasteiger partial charge in [0.15, 0.2) is 5.76 Å². The third-order valence-electron chi connectivity index (χ3n) is 3.48. The van der Waals surface area contributed by atoms with Crippen molar-refractivity contribution in [2.45, 2.75) is 13.5 Å². The first-order valence-corrected chi connectivity index (χ1v) is 7.07. The number of aryl methyl sites for hydroxylation is 1. The lowest BCUT2D eigenvalue weighted by atomic mass is 10.2. The van der Waals surface area contributed by atoms with Gasteiger partial charge >= 0.3 is 5.88 Å². The number of nitro groups is 1. The Hall–Kier alpha value is -3.56. The molecule has 0 aliphatic carbocycles. The van der Waals surface area contributed by atoms with Crippen molar-refractivity contribution >= 4 is 16.9 Å². The van der Waals surface area contributed by atoms with Gasteiger partial charge in [-0.25, -0.2) is 4.68 Å². The molecular weight excluding hydrogens is 316 g/mol. The quantitative estimate of drug-likeness (QED) is 0.414. The monoisotopic (exact) mass is 326 g/mol. The van der Waals surface area contributed by atoms with E-state index in [1.165, 1.54) is 12.1 Å². The van der Waals surface area contributed by atoms with Gasteiger partial charge in [-0.05, 0) is 31.2 Å². The minimum absolute atomic E-state index is 0.0652. The van der Waals surface area contributed by atoms with E-state index in [0.717, 1.165) is 12.1 Å². The summed E-state index contributed by atoms with van der Waals surface area (Å²) >= 11 is 0. The zero-order valence-electron chi connectivity index (χ0n) is 12.4. The minimum Gasteiger partial charge on any atom is -0.395 e. The van der Waals surface area contributed by atoms with Crippen LogP contribution >= 0.6 is 0 Å². The van der Waals surface area contributed by atoms with Crippen LogP contribution in [0.3, 0.4) is 0 Å². The summed E-state index contributed by atoms with van der Waals surface area (Å²) in [5.74, 6) is 0.146. The van der Waals surface area contributed by atoms with Gasteiger partial charge < -0.3 is 8.94 Å². The molecule has 0 spiro atoms. The Morgan fingerprint density at radius 2 is 2.17 bits per heavy atom. The van der Waals surface area contributed by atoms with Gasteiger partial charge in [0.05, 0.1) is 11.6 Å². The van der Waals surface area contributed by atoms with Crippen LogP contribution in [-0.2, 0) is 6.54 Å². The first-order chi connectivity index (χ1) is 11.7. The van der Waals surface area contributed by atoms with Crippen molar-refractivity contribution in [2.24, 2.45) is 0 Å². The van der Waals surface area contributed by atoms with Crippen molar-refractivity contribution < 1.29 is 13.9 Å².